The van der Waals surface area contributed by atoms with E-state index in [1.54, 1.807) is 33.2 Å². The van der Waals surface area contributed by atoms with Gasteiger partial charge in [0.2, 0.25) is 5.91 Å². The van der Waals surface area contributed by atoms with Crippen molar-refractivity contribution in [2.45, 2.75) is 19.9 Å². The molecule has 0 unspecified atom stereocenters. The lowest BCUT2D eigenvalue weighted by Crippen LogP contribution is -2.38. The van der Waals surface area contributed by atoms with Gasteiger partial charge in [-0.25, -0.2) is 0 Å². The number of nitrogens with zero attached hydrogens (tertiary/aromatic N) is 2. The molecule has 0 aliphatic rings. The molecular formula is C16H27IN4O2. The number of hydrogen-bond donors (Lipinski definition) is 2. The number of halogens is 1. The molecule has 6 nitrogen and oxygen atoms in total. The topological polar surface area (TPSA) is 66.0 Å². The van der Waals surface area contributed by atoms with E-state index >= 15 is 0 Å². The molecule has 0 saturated heterocycles. The van der Waals surface area contributed by atoms with Gasteiger partial charge in [-0.1, -0.05) is 12.1 Å². The number of guanidine groups is 1. The van der Waals surface area contributed by atoms with Crippen LogP contribution in [-0.4, -0.2) is 51.6 Å². The summed E-state index contributed by atoms with van der Waals surface area (Å²) in [6, 6.07) is 6.08. The fraction of sp³-hybridized carbons (Fsp3) is 0.500. The van der Waals surface area contributed by atoms with E-state index in [4.69, 9.17) is 4.74 Å². The molecule has 0 radical (unpaired) electrons. The predicted octanol–water partition coefficient (Wildman–Crippen LogP) is 1.76. The Morgan fingerprint density at radius 1 is 1.30 bits per heavy atom. The molecule has 0 heterocycles. The zero-order valence-electron chi connectivity index (χ0n) is 14.5. The molecule has 1 amide bonds. The molecular weight excluding hydrogens is 407 g/mol. The number of rotatable bonds is 6. The van der Waals surface area contributed by atoms with Gasteiger partial charge in [0.1, 0.15) is 5.75 Å². The number of aryl methyl sites for hydroxylation is 1. The molecule has 7 heteroatoms. The van der Waals surface area contributed by atoms with E-state index in [1.807, 2.05) is 25.1 Å². The third-order valence-corrected chi connectivity index (χ3v) is 3.24. The van der Waals surface area contributed by atoms with E-state index in [0.29, 0.717) is 25.5 Å². The summed E-state index contributed by atoms with van der Waals surface area (Å²) in [4.78, 5) is 17.2. The quantitative estimate of drug-likeness (QED) is 0.407. The normalized spacial score (nSPS) is 10.6. The van der Waals surface area contributed by atoms with E-state index in [2.05, 4.69) is 15.6 Å². The Labute approximate surface area is 155 Å². The number of carbonyl (C=O) groups is 1. The van der Waals surface area contributed by atoms with Crippen molar-refractivity contribution in [1.29, 1.82) is 0 Å². The minimum atomic E-state index is 0. The minimum Gasteiger partial charge on any atom is -0.496 e. The van der Waals surface area contributed by atoms with Crippen LogP contribution in [0.15, 0.2) is 23.2 Å². The van der Waals surface area contributed by atoms with E-state index in [9.17, 15) is 4.79 Å². The number of hydrogen-bond acceptors (Lipinski definition) is 3. The molecule has 1 aromatic rings. The summed E-state index contributed by atoms with van der Waals surface area (Å²) in [5, 5.41) is 6.34. The average Bonchev–Trinajstić information content (AvgIpc) is 2.51. The fourth-order valence-corrected chi connectivity index (χ4v) is 1.91. The summed E-state index contributed by atoms with van der Waals surface area (Å²) < 4.78 is 5.38. The Bertz CT molecular complexity index is 533. The Morgan fingerprint density at radius 3 is 2.57 bits per heavy atom. The number of benzene rings is 1. The van der Waals surface area contributed by atoms with Crippen LogP contribution in [0.4, 0.5) is 0 Å². The number of amides is 1. The highest BCUT2D eigenvalue weighted by Crippen LogP contribution is 2.19. The van der Waals surface area contributed by atoms with Crippen LogP contribution in [0.2, 0.25) is 0 Å². The molecule has 1 aromatic carbocycles. The first-order valence-corrected chi connectivity index (χ1v) is 7.26. The number of aliphatic imine (C=N–C) groups is 1. The highest BCUT2D eigenvalue weighted by atomic mass is 127. The first-order chi connectivity index (χ1) is 10.5. The SMILES string of the molecule is CN=C(NCCC(=O)N(C)C)NCc1ccc(C)cc1OC.I. The zero-order valence-corrected chi connectivity index (χ0v) is 16.8. The van der Waals surface area contributed by atoms with Crippen molar-refractivity contribution < 1.29 is 9.53 Å². The summed E-state index contributed by atoms with van der Waals surface area (Å²) in [5.74, 6) is 1.60. The lowest BCUT2D eigenvalue weighted by Gasteiger charge is -2.15. The van der Waals surface area contributed by atoms with Crippen molar-refractivity contribution in [3.63, 3.8) is 0 Å². The molecule has 2 N–H and O–H groups in total. The smallest absolute Gasteiger partial charge is 0.223 e. The summed E-state index contributed by atoms with van der Waals surface area (Å²) >= 11 is 0. The van der Waals surface area contributed by atoms with E-state index in [-0.39, 0.29) is 29.9 Å². The first kappa shape index (κ1) is 21.5. The molecule has 0 bridgehead atoms. The monoisotopic (exact) mass is 434 g/mol. The van der Waals surface area contributed by atoms with Crippen LogP contribution in [0.25, 0.3) is 0 Å². The van der Waals surface area contributed by atoms with Crippen LogP contribution < -0.4 is 15.4 Å². The molecule has 0 fully saturated rings. The second-order valence-corrected chi connectivity index (χ2v) is 5.21. The van der Waals surface area contributed by atoms with Crippen LogP contribution in [0.1, 0.15) is 17.5 Å². The summed E-state index contributed by atoms with van der Waals surface area (Å²) in [6.07, 6.45) is 0.432. The van der Waals surface area contributed by atoms with Crippen LogP contribution >= 0.6 is 24.0 Å². The molecule has 0 aliphatic heterocycles. The van der Waals surface area contributed by atoms with Crippen LogP contribution in [0.3, 0.4) is 0 Å². The second-order valence-electron chi connectivity index (χ2n) is 5.21. The third-order valence-electron chi connectivity index (χ3n) is 3.24. The maximum atomic E-state index is 11.5. The van der Waals surface area contributed by atoms with Gasteiger partial charge in [-0.3, -0.25) is 9.79 Å². The van der Waals surface area contributed by atoms with E-state index in [0.717, 1.165) is 16.9 Å². The second kappa shape index (κ2) is 11.1. The van der Waals surface area contributed by atoms with Gasteiger partial charge in [0.15, 0.2) is 5.96 Å². The molecule has 0 saturated carbocycles. The van der Waals surface area contributed by atoms with E-state index in [1.165, 1.54) is 0 Å². The minimum absolute atomic E-state index is 0. The van der Waals surface area contributed by atoms with Gasteiger partial charge < -0.3 is 20.3 Å². The largest absolute Gasteiger partial charge is 0.496 e. The maximum absolute atomic E-state index is 11.5. The number of carbonyl (C=O) groups excluding carboxylic acids is 1. The Morgan fingerprint density at radius 2 is 2.00 bits per heavy atom. The molecule has 0 aliphatic carbocycles. The Hall–Kier alpha value is -1.51. The highest BCUT2D eigenvalue weighted by molar-refractivity contribution is 14.0. The molecule has 0 spiro atoms. The van der Waals surface area contributed by atoms with Gasteiger partial charge in [0.25, 0.3) is 0 Å². The zero-order chi connectivity index (χ0) is 16.5. The molecule has 0 aromatic heterocycles. The van der Waals surface area contributed by atoms with Crippen molar-refractivity contribution in [2.75, 3.05) is 34.8 Å². The molecule has 0 atom stereocenters. The number of ether oxygens (including phenoxy) is 1. The van der Waals surface area contributed by atoms with Crippen molar-refractivity contribution >= 4 is 35.8 Å². The van der Waals surface area contributed by atoms with Crippen molar-refractivity contribution in [1.82, 2.24) is 15.5 Å². The van der Waals surface area contributed by atoms with Crippen LogP contribution in [0.5, 0.6) is 5.75 Å². The number of methoxy groups -OCH3 is 1. The van der Waals surface area contributed by atoms with Gasteiger partial charge in [-0.2, -0.15) is 0 Å². The molecule has 23 heavy (non-hydrogen) atoms. The van der Waals surface area contributed by atoms with Crippen LogP contribution in [-0.2, 0) is 11.3 Å². The van der Waals surface area contributed by atoms with Crippen molar-refractivity contribution in [3.05, 3.63) is 29.3 Å². The predicted molar refractivity (Wildman–Crippen MR) is 105 cm³/mol. The van der Waals surface area contributed by atoms with Crippen molar-refractivity contribution in [3.8, 4) is 5.75 Å². The van der Waals surface area contributed by atoms with E-state index < -0.39 is 0 Å². The summed E-state index contributed by atoms with van der Waals surface area (Å²) in [5.41, 5.74) is 2.21. The Kier molecular flexibility index (Phi) is 10.4. The Balaban J connectivity index is 0.00000484. The lowest BCUT2D eigenvalue weighted by molar-refractivity contribution is -0.128. The van der Waals surface area contributed by atoms with Gasteiger partial charge >= 0.3 is 0 Å². The van der Waals surface area contributed by atoms with Gasteiger partial charge in [-0.15, -0.1) is 24.0 Å². The van der Waals surface area contributed by atoms with Crippen molar-refractivity contribution in [2.24, 2.45) is 4.99 Å². The van der Waals surface area contributed by atoms with Gasteiger partial charge in [0, 0.05) is 46.2 Å². The van der Waals surface area contributed by atoms with Gasteiger partial charge in [-0.05, 0) is 18.6 Å². The molecule has 1 rings (SSSR count). The van der Waals surface area contributed by atoms with Crippen LogP contribution in [0, 0.1) is 6.92 Å². The number of nitrogens with one attached hydrogen (secondary N) is 2. The highest BCUT2D eigenvalue weighted by Gasteiger charge is 2.06. The summed E-state index contributed by atoms with van der Waals surface area (Å²) in [6.45, 7) is 3.18. The first-order valence-electron chi connectivity index (χ1n) is 7.26. The lowest BCUT2D eigenvalue weighted by atomic mass is 10.1. The maximum Gasteiger partial charge on any atom is 0.223 e. The average molecular weight is 434 g/mol. The molecule has 130 valence electrons. The standard InChI is InChI=1S/C16H26N4O2.HI/c1-12-6-7-13(14(10-12)22-5)11-19-16(17-2)18-9-8-15(21)20(3)4;/h6-7,10H,8-9,11H2,1-5H3,(H2,17,18,19);1H. The summed E-state index contributed by atoms with van der Waals surface area (Å²) in [7, 11) is 6.87. The third kappa shape index (κ3) is 7.54. The fourth-order valence-electron chi connectivity index (χ4n) is 1.91. The van der Waals surface area contributed by atoms with Gasteiger partial charge in [0.05, 0.1) is 7.11 Å².